The Bertz CT molecular complexity index is 1210. The van der Waals surface area contributed by atoms with Gasteiger partial charge in [-0.1, -0.05) is 18.2 Å². The van der Waals surface area contributed by atoms with E-state index in [0.717, 1.165) is 57.2 Å². The SMILES string of the molecule is O=S(=O)(N[C@H]1CC[C@@H](N2CCC(c3ccccc3OCC(F)(F)F)CC2)CC1)c1ccc2c(c1)OCCO2. The van der Waals surface area contributed by atoms with Crippen LogP contribution >= 0.6 is 0 Å². The number of hydrogen-bond acceptors (Lipinski definition) is 6. The van der Waals surface area contributed by atoms with Crippen LogP contribution in [0.15, 0.2) is 47.4 Å². The van der Waals surface area contributed by atoms with E-state index in [1.54, 1.807) is 18.2 Å². The molecular weight excluding hydrogens is 521 g/mol. The van der Waals surface area contributed by atoms with E-state index in [-0.39, 0.29) is 16.9 Å². The van der Waals surface area contributed by atoms with E-state index in [2.05, 4.69) is 9.62 Å². The second-order valence-electron chi connectivity index (χ2n) is 10.2. The van der Waals surface area contributed by atoms with Crippen LogP contribution in [-0.4, -0.2) is 64.5 Å². The first-order valence-electron chi connectivity index (χ1n) is 13.1. The minimum absolute atomic E-state index is 0.125. The van der Waals surface area contributed by atoms with E-state index in [1.165, 1.54) is 12.1 Å². The van der Waals surface area contributed by atoms with Gasteiger partial charge in [-0.3, -0.25) is 0 Å². The number of alkyl halides is 3. The van der Waals surface area contributed by atoms with Crippen molar-refractivity contribution in [3.63, 3.8) is 0 Å². The third-order valence-electron chi connectivity index (χ3n) is 7.64. The lowest BCUT2D eigenvalue weighted by molar-refractivity contribution is -0.153. The van der Waals surface area contributed by atoms with Gasteiger partial charge in [0.2, 0.25) is 10.0 Å². The average molecular weight is 555 g/mol. The molecule has 1 N–H and O–H groups in total. The van der Waals surface area contributed by atoms with Crippen LogP contribution in [0.1, 0.15) is 50.0 Å². The average Bonchev–Trinajstić information content (AvgIpc) is 2.92. The Morgan fingerprint density at radius 1 is 0.921 bits per heavy atom. The van der Waals surface area contributed by atoms with Crippen LogP contribution in [0.5, 0.6) is 17.2 Å². The lowest BCUT2D eigenvalue weighted by atomic mass is 9.85. The maximum atomic E-state index is 13.0. The molecule has 0 atom stereocenters. The van der Waals surface area contributed by atoms with Gasteiger partial charge in [-0.25, -0.2) is 13.1 Å². The minimum atomic E-state index is -4.37. The van der Waals surface area contributed by atoms with E-state index in [0.29, 0.717) is 36.5 Å². The molecule has 1 aliphatic carbocycles. The summed E-state index contributed by atoms with van der Waals surface area (Å²) in [5, 5.41) is 0. The molecule has 5 rings (SSSR count). The van der Waals surface area contributed by atoms with Crippen molar-refractivity contribution in [3.8, 4) is 17.2 Å². The zero-order valence-corrected chi connectivity index (χ0v) is 21.9. The molecule has 1 saturated heterocycles. The maximum Gasteiger partial charge on any atom is 0.422 e. The van der Waals surface area contributed by atoms with Gasteiger partial charge in [0.1, 0.15) is 19.0 Å². The van der Waals surface area contributed by atoms with Gasteiger partial charge in [0.05, 0.1) is 4.90 Å². The predicted molar refractivity (Wildman–Crippen MR) is 135 cm³/mol. The third-order valence-corrected chi connectivity index (χ3v) is 9.16. The molecule has 3 aliphatic rings. The monoisotopic (exact) mass is 554 g/mol. The van der Waals surface area contributed by atoms with E-state index >= 15 is 0 Å². The number of fused-ring (bicyclic) bond motifs is 1. The largest absolute Gasteiger partial charge is 0.486 e. The number of rotatable bonds is 7. The Hall–Kier alpha value is -2.50. The van der Waals surface area contributed by atoms with Gasteiger partial charge in [-0.2, -0.15) is 13.2 Å². The Morgan fingerprint density at radius 3 is 2.32 bits per heavy atom. The van der Waals surface area contributed by atoms with Crippen molar-refractivity contribution in [2.24, 2.45) is 0 Å². The maximum absolute atomic E-state index is 13.0. The first kappa shape index (κ1) is 27.1. The van der Waals surface area contributed by atoms with Gasteiger partial charge in [0, 0.05) is 18.2 Å². The van der Waals surface area contributed by atoms with E-state index in [9.17, 15) is 21.6 Å². The molecule has 0 unspecified atom stereocenters. The summed E-state index contributed by atoms with van der Waals surface area (Å²) < 4.78 is 82.9. The lowest BCUT2D eigenvalue weighted by Gasteiger charge is -2.41. The number of nitrogens with zero attached hydrogens (tertiary/aromatic N) is 1. The molecular formula is C27H33F3N2O5S. The first-order chi connectivity index (χ1) is 18.2. The van der Waals surface area contributed by atoms with Crippen molar-refractivity contribution in [1.82, 2.24) is 9.62 Å². The highest BCUT2D eigenvalue weighted by atomic mass is 32.2. The van der Waals surface area contributed by atoms with Gasteiger partial charge in [-0.15, -0.1) is 0 Å². The second-order valence-corrected chi connectivity index (χ2v) is 11.9. The number of nitrogens with one attached hydrogen (secondary N) is 1. The fourth-order valence-corrected chi connectivity index (χ4v) is 7.04. The van der Waals surface area contributed by atoms with Crippen LogP contribution in [0.25, 0.3) is 0 Å². The summed E-state index contributed by atoms with van der Waals surface area (Å²) in [4.78, 5) is 2.62. The van der Waals surface area contributed by atoms with E-state index < -0.39 is 22.8 Å². The number of ether oxygens (including phenoxy) is 3. The molecule has 7 nitrogen and oxygen atoms in total. The Kier molecular flexibility index (Phi) is 8.06. The molecule has 11 heteroatoms. The van der Waals surface area contributed by atoms with Crippen LogP contribution in [0.4, 0.5) is 13.2 Å². The highest BCUT2D eigenvalue weighted by molar-refractivity contribution is 7.89. The smallest absolute Gasteiger partial charge is 0.422 e. The van der Waals surface area contributed by atoms with Gasteiger partial charge in [0.15, 0.2) is 18.1 Å². The highest BCUT2D eigenvalue weighted by Crippen LogP contribution is 2.37. The number of para-hydroxylation sites is 1. The molecule has 0 aromatic heterocycles. The van der Waals surface area contributed by atoms with Crippen LogP contribution in [0.3, 0.4) is 0 Å². The highest BCUT2D eigenvalue weighted by Gasteiger charge is 2.33. The van der Waals surface area contributed by atoms with Crippen LogP contribution in [0, 0.1) is 0 Å². The molecule has 2 aromatic carbocycles. The molecule has 0 bridgehead atoms. The normalized spacial score (nSPS) is 23.2. The summed E-state index contributed by atoms with van der Waals surface area (Å²) in [6.07, 6.45) is 0.624. The molecule has 1 saturated carbocycles. The summed E-state index contributed by atoms with van der Waals surface area (Å²) >= 11 is 0. The van der Waals surface area contributed by atoms with Crippen molar-refractivity contribution in [3.05, 3.63) is 48.0 Å². The van der Waals surface area contributed by atoms with E-state index in [4.69, 9.17) is 14.2 Å². The number of hydrogen-bond donors (Lipinski definition) is 1. The third kappa shape index (κ3) is 6.55. The Balaban J connectivity index is 1.11. The molecule has 2 aromatic rings. The molecule has 2 aliphatic heterocycles. The van der Waals surface area contributed by atoms with Gasteiger partial charge < -0.3 is 19.1 Å². The fourth-order valence-electron chi connectivity index (χ4n) is 5.72. The van der Waals surface area contributed by atoms with Gasteiger partial charge >= 0.3 is 6.18 Å². The summed E-state index contributed by atoms with van der Waals surface area (Å²) in [7, 11) is -3.67. The van der Waals surface area contributed by atoms with Crippen molar-refractivity contribution < 1.29 is 35.8 Å². The zero-order chi connectivity index (χ0) is 26.8. The number of likely N-dealkylation sites (tertiary alicyclic amines) is 1. The lowest BCUT2D eigenvalue weighted by Crippen LogP contribution is -2.46. The van der Waals surface area contributed by atoms with Crippen molar-refractivity contribution >= 4 is 10.0 Å². The van der Waals surface area contributed by atoms with E-state index in [1.807, 2.05) is 12.1 Å². The molecule has 38 heavy (non-hydrogen) atoms. The number of benzene rings is 2. The zero-order valence-electron chi connectivity index (χ0n) is 21.1. The predicted octanol–water partition coefficient (Wildman–Crippen LogP) is 4.87. The Labute approximate surface area is 221 Å². The van der Waals surface area contributed by atoms with Crippen LogP contribution < -0.4 is 18.9 Å². The Morgan fingerprint density at radius 2 is 1.61 bits per heavy atom. The summed E-state index contributed by atoms with van der Waals surface area (Å²) in [6.45, 7) is 1.27. The fraction of sp³-hybridized carbons (Fsp3) is 0.556. The molecule has 208 valence electrons. The topological polar surface area (TPSA) is 77.1 Å². The van der Waals surface area contributed by atoms with Crippen molar-refractivity contribution in [2.75, 3.05) is 32.9 Å². The van der Waals surface area contributed by atoms with Crippen LogP contribution in [0.2, 0.25) is 0 Å². The summed E-state index contributed by atoms with van der Waals surface area (Å²) in [5.74, 6) is 1.47. The molecule has 0 spiro atoms. The summed E-state index contributed by atoms with van der Waals surface area (Å²) in [5.41, 5.74) is 0.841. The number of piperidine rings is 1. The van der Waals surface area contributed by atoms with Crippen LogP contribution in [-0.2, 0) is 10.0 Å². The first-order valence-corrected chi connectivity index (χ1v) is 14.6. The molecule has 0 amide bonds. The quantitative estimate of drug-likeness (QED) is 0.527. The van der Waals surface area contributed by atoms with Gasteiger partial charge in [0.25, 0.3) is 0 Å². The molecule has 2 fully saturated rings. The minimum Gasteiger partial charge on any atom is -0.486 e. The second kappa shape index (κ2) is 11.3. The standard InChI is InChI=1S/C27H33F3N2O5S/c28-27(29,30)18-37-24-4-2-1-3-23(24)19-11-13-32(14-12-19)21-7-5-20(6-8-21)31-38(33,34)22-9-10-25-26(17-22)36-16-15-35-25/h1-4,9-10,17,19-21,31H,5-8,11-16,18H2/t20-,21+. The summed E-state index contributed by atoms with van der Waals surface area (Å²) in [6, 6.07) is 12.0. The van der Waals surface area contributed by atoms with Gasteiger partial charge in [-0.05, 0) is 81.3 Å². The van der Waals surface area contributed by atoms with Crippen molar-refractivity contribution in [2.45, 2.75) is 67.6 Å². The number of halogens is 3. The molecule has 2 heterocycles. The number of sulfonamides is 1. The molecule has 0 radical (unpaired) electrons. The van der Waals surface area contributed by atoms with Crippen molar-refractivity contribution in [1.29, 1.82) is 0 Å².